The van der Waals surface area contributed by atoms with Crippen molar-refractivity contribution < 1.29 is 19.1 Å². The Labute approximate surface area is 199 Å². The lowest BCUT2D eigenvalue weighted by Crippen LogP contribution is -2.33. The smallest absolute Gasteiger partial charge is 0.321 e. The van der Waals surface area contributed by atoms with Crippen LogP contribution in [0.2, 0.25) is 0 Å². The molecule has 4 heteroatoms. The number of hydrogen-bond donors (Lipinski definition) is 0. The zero-order valence-corrected chi connectivity index (χ0v) is 19.4. The molecule has 0 saturated heterocycles. The van der Waals surface area contributed by atoms with Gasteiger partial charge in [-0.2, -0.15) is 0 Å². The van der Waals surface area contributed by atoms with Gasteiger partial charge in [0, 0.05) is 5.92 Å². The largest absolute Gasteiger partial charge is 0.465 e. The Morgan fingerprint density at radius 1 is 0.706 bits per heavy atom. The molecular formula is C30H28O4. The summed E-state index contributed by atoms with van der Waals surface area (Å²) in [6, 6.07) is 28.1. The standard InChI is InChI=1S/C30H28O4/c1-3-33-29(31)28(30(32)34-4-2)27(26-18-10-15-22-12-6-8-17-25(22)26)20-19-23-14-9-13-21-11-5-7-16-24(21)23/h5-20,27-28H,3-4H2,1-2H3/b20-19+. The molecule has 0 heterocycles. The Balaban J connectivity index is 1.89. The van der Waals surface area contributed by atoms with Crippen molar-refractivity contribution in [3.8, 4) is 0 Å². The van der Waals surface area contributed by atoms with Gasteiger partial charge in [-0.05, 0) is 46.5 Å². The van der Waals surface area contributed by atoms with E-state index in [0.29, 0.717) is 0 Å². The van der Waals surface area contributed by atoms with Crippen molar-refractivity contribution in [2.45, 2.75) is 19.8 Å². The molecular weight excluding hydrogens is 424 g/mol. The van der Waals surface area contributed by atoms with Gasteiger partial charge >= 0.3 is 11.9 Å². The van der Waals surface area contributed by atoms with Crippen LogP contribution in [0.1, 0.15) is 30.9 Å². The molecule has 172 valence electrons. The maximum Gasteiger partial charge on any atom is 0.321 e. The third-order valence-electron chi connectivity index (χ3n) is 5.93. The molecule has 0 saturated carbocycles. The highest BCUT2D eigenvalue weighted by Gasteiger charge is 2.37. The van der Waals surface area contributed by atoms with Gasteiger partial charge < -0.3 is 9.47 Å². The molecule has 4 rings (SSSR count). The highest BCUT2D eigenvalue weighted by Crippen LogP contribution is 2.35. The second-order valence-corrected chi connectivity index (χ2v) is 8.00. The Kier molecular flexibility index (Phi) is 7.38. The summed E-state index contributed by atoms with van der Waals surface area (Å²) in [5.41, 5.74) is 1.88. The zero-order valence-electron chi connectivity index (χ0n) is 19.4. The van der Waals surface area contributed by atoms with Gasteiger partial charge in [-0.1, -0.05) is 97.1 Å². The fourth-order valence-corrected chi connectivity index (χ4v) is 4.39. The van der Waals surface area contributed by atoms with Crippen LogP contribution in [0.15, 0.2) is 91.0 Å². The highest BCUT2D eigenvalue weighted by molar-refractivity contribution is 5.98. The van der Waals surface area contributed by atoms with Crippen molar-refractivity contribution in [3.05, 3.63) is 102 Å². The van der Waals surface area contributed by atoms with Gasteiger partial charge in [0.25, 0.3) is 0 Å². The minimum Gasteiger partial charge on any atom is -0.465 e. The second kappa shape index (κ2) is 10.8. The molecule has 1 unspecified atom stereocenters. The first kappa shape index (κ1) is 23.2. The molecule has 34 heavy (non-hydrogen) atoms. The lowest BCUT2D eigenvalue weighted by molar-refractivity contribution is -0.162. The Morgan fingerprint density at radius 2 is 1.24 bits per heavy atom. The molecule has 0 aliphatic rings. The predicted molar refractivity (Wildman–Crippen MR) is 136 cm³/mol. The molecule has 4 aromatic carbocycles. The maximum atomic E-state index is 13.1. The minimum absolute atomic E-state index is 0.185. The number of allylic oxidation sites excluding steroid dienone is 1. The molecule has 1 atom stereocenters. The Hall–Kier alpha value is -3.92. The molecule has 0 spiro atoms. The van der Waals surface area contributed by atoms with Gasteiger partial charge in [0.15, 0.2) is 5.92 Å². The lowest BCUT2D eigenvalue weighted by Gasteiger charge is -2.23. The van der Waals surface area contributed by atoms with Crippen LogP contribution in [0, 0.1) is 5.92 Å². The normalized spacial score (nSPS) is 12.3. The first-order valence-corrected chi connectivity index (χ1v) is 11.6. The monoisotopic (exact) mass is 452 g/mol. The first-order valence-electron chi connectivity index (χ1n) is 11.6. The van der Waals surface area contributed by atoms with E-state index in [1.807, 2.05) is 78.9 Å². The van der Waals surface area contributed by atoms with Crippen LogP contribution in [0.25, 0.3) is 27.6 Å². The molecule has 0 aliphatic heterocycles. The molecule has 0 aromatic heterocycles. The number of fused-ring (bicyclic) bond motifs is 2. The van der Waals surface area contributed by atoms with Gasteiger partial charge in [-0.25, -0.2) is 0 Å². The summed E-state index contributed by atoms with van der Waals surface area (Å²) in [6.45, 7) is 3.84. The molecule has 0 fully saturated rings. The topological polar surface area (TPSA) is 52.6 Å². The third kappa shape index (κ3) is 4.86. The van der Waals surface area contributed by atoms with E-state index in [2.05, 4.69) is 18.2 Å². The number of rotatable bonds is 8. The van der Waals surface area contributed by atoms with Crippen LogP contribution in [0.3, 0.4) is 0 Å². The molecule has 0 radical (unpaired) electrons. The van der Waals surface area contributed by atoms with Crippen molar-refractivity contribution in [3.63, 3.8) is 0 Å². The molecule has 0 amide bonds. The SMILES string of the molecule is CCOC(=O)C(C(=O)OCC)C(/C=C/c1cccc2ccccc12)c1cccc2ccccc12. The summed E-state index contributed by atoms with van der Waals surface area (Å²) in [5, 5.41) is 4.24. The molecule has 0 N–H and O–H groups in total. The van der Waals surface area contributed by atoms with E-state index in [-0.39, 0.29) is 13.2 Å². The van der Waals surface area contributed by atoms with Gasteiger partial charge in [0.05, 0.1) is 13.2 Å². The number of esters is 2. The van der Waals surface area contributed by atoms with Crippen LogP contribution in [-0.2, 0) is 19.1 Å². The highest BCUT2D eigenvalue weighted by atomic mass is 16.6. The van der Waals surface area contributed by atoms with Crippen LogP contribution in [0.4, 0.5) is 0 Å². The maximum absolute atomic E-state index is 13.1. The summed E-state index contributed by atoms with van der Waals surface area (Å²) in [4.78, 5) is 26.2. The van der Waals surface area contributed by atoms with Crippen LogP contribution in [0.5, 0.6) is 0 Å². The van der Waals surface area contributed by atoms with Crippen LogP contribution >= 0.6 is 0 Å². The fourth-order valence-electron chi connectivity index (χ4n) is 4.39. The average Bonchev–Trinajstić information content (AvgIpc) is 2.86. The molecule has 0 aliphatic carbocycles. The van der Waals surface area contributed by atoms with Crippen LogP contribution in [-0.4, -0.2) is 25.2 Å². The summed E-state index contributed by atoms with van der Waals surface area (Å²) >= 11 is 0. The quantitative estimate of drug-likeness (QED) is 0.225. The van der Waals surface area contributed by atoms with Crippen molar-refractivity contribution in [1.29, 1.82) is 0 Å². The third-order valence-corrected chi connectivity index (χ3v) is 5.93. The predicted octanol–water partition coefficient (Wildman–Crippen LogP) is 6.53. The number of ether oxygens (including phenoxy) is 2. The van der Waals surface area contributed by atoms with E-state index < -0.39 is 23.8 Å². The van der Waals surface area contributed by atoms with E-state index in [4.69, 9.17) is 9.47 Å². The van der Waals surface area contributed by atoms with Gasteiger partial charge in [-0.3, -0.25) is 9.59 Å². The second-order valence-electron chi connectivity index (χ2n) is 8.00. The lowest BCUT2D eigenvalue weighted by atomic mass is 9.82. The number of hydrogen-bond acceptors (Lipinski definition) is 4. The zero-order chi connectivity index (χ0) is 23.9. The summed E-state index contributed by atoms with van der Waals surface area (Å²) < 4.78 is 10.7. The number of benzene rings is 4. The van der Waals surface area contributed by atoms with Crippen LogP contribution < -0.4 is 0 Å². The van der Waals surface area contributed by atoms with Gasteiger partial charge in [-0.15, -0.1) is 0 Å². The van der Waals surface area contributed by atoms with E-state index in [9.17, 15) is 9.59 Å². The van der Waals surface area contributed by atoms with Gasteiger partial charge in [0.1, 0.15) is 0 Å². The Bertz CT molecular complexity index is 1310. The minimum atomic E-state index is -1.11. The molecule has 0 bridgehead atoms. The molecule has 4 nitrogen and oxygen atoms in total. The number of carbonyl (C=O) groups is 2. The fraction of sp³-hybridized carbons (Fsp3) is 0.200. The molecule has 4 aromatic rings. The number of carbonyl (C=O) groups excluding carboxylic acids is 2. The summed E-state index contributed by atoms with van der Waals surface area (Å²) in [6.07, 6.45) is 3.92. The van der Waals surface area contributed by atoms with Crippen molar-refractivity contribution in [1.82, 2.24) is 0 Å². The average molecular weight is 453 g/mol. The van der Waals surface area contributed by atoms with E-state index in [1.165, 1.54) is 0 Å². The van der Waals surface area contributed by atoms with Crippen molar-refractivity contribution in [2.24, 2.45) is 5.92 Å². The van der Waals surface area contributed by atoms with Crippen molar-refractivity contribution in [2.75, 3.05) is 13.2 Å². The van der Waals surface area contributed by atoms with Gasteiger partial charge in [0.2, 0.25) is 0 Å². The van der Waals surface area contributed by atoms with E-state index in [1.54, 1.807) is 13.8 Å². The van der Waals surface area contributed by atoms with E-state index in [0.717, 1.165) is 32.7 Å². The van der Waals surface area contributed by atoms with Crippen molar-refractivity contribution >= 4 is 39.6 Å². The summed E-state index contributed by atoms with van der Waals surface area (Å²) in [5.74, 6) is -2.84. The Morgan fingerprint density at radius 3 is 1.88 bits per heavy atom. The summed E-state index contributed by atoms with van der Waals surface area (Å²) in [7, 11) is 0. The van der Waals surface area contributed by atoms with E-state index >= 15 is 0 Å². The first-order chi connectivity index (χ1) is 16.6.